The Bertz CT molecular complexity index is 885. The van der Waals surface area contributed by atoms with Crippen LogP contribution in [0.25, 0.3) is 5.57 Å². The molecule has 2 N–H and O–H groups in total. The van der Waals surface area contributed by atoms with E-state index in [1.165, 1.54) is 18.3 Å². The minimum absolute atomic E-state index is 0.151. The molecule has 0 fully saturated rings. The van der Waals surface area contributed by atoms with Gasteiger partial charge >= 0.3 is 0 Å². The van der Waals surface area contributed by atoms with Crippen LogP contribution in [0.5, 0.6) is 0 Å². The minimum Gasteiger partial charge on any atom is -0.347 e. The van der Waals surface area contributed by atoms with E-state index < -0.39 is 5.82 Å². The van der Waals surface area contributed by atoms with Crippen molar-refractivity contribution in [1.82, 2.24) is 10.3 Å². The molecule has 2 aromatic rings. The van der Waals surface area contributed by atoms with Gasteiger partial charge in [0, 0.05) is 29.3 Å². The molecule has 5 heteroatoms. The summed E-state index contributed by atoms with van der Waals surface area (Å²) >= 11 is 0. The molecule has 0 bridgehead atoms. The number of carbonyl (C=O) groups excluding carboxylic acids is 1. The van der Waals surface area contributed by atoms with Crippen molar-refractivity contribution in [2.45, 2.75) is 32.7 Å². The number of hydrogen-bond acceptors (Lipinski definition) is 3. The maximum atomic E-state index is 13.9. The number of anilines is 1. The first-order valence-corrected chi connectivity index (χ1v) is 8.55. The van der Waals surface area contributed by atoms with Crippen molar-refractivity contribution in [2.24, 2.45) is 0 Å². The molecule has 1 aliphatic rings. The van der Waals surface area contributed by atoms with Crippen LogP contribution in [0, 0.1) is 5.82 Å². The average Bonchev–Trinajstić information content (AvgIpc) is 2.57. The van der Waals surface area contributed by atoms with Crippen LogP contribution in [0.3, 0.4) is 0 Å². The summed E-state index contributed by atoms with van der Waals surface area (Å²) in [6.07, 6.45) is 5.27. The van der Waals surface area contributed by atoms with Gasteiger partial charge in [-0.3, -0.25) is 4.79 Å². The summed E-state index contributed by atoms with van der Waals surface area (Å²) in [5.41, 5.74) is 2.91. The second kappa shape index (κ2) is 7.12. The monoisotopic (exact) mass is 351 g/mol. The highest BCUT2D eigenvalue weighted by atomic mass is 19.1. The first kappa shape index (κ1) is 17.9. The smallest absolute Gasteiger partial charge is 0.246 e. The van der Waals surface area contributed by atoms with Gasteiger partial charge in [0.15, 0.2) is 0 Å². The third kappa shape index (κ3) is 3.99. The van der Waals surface area contributed by atoms with E-state index in [2.05, 4.69) is 15.6 Å². The van der Waals surface area contributed by atoms with E-state index >= 15 is 0 Å². The molecule has 3 rings (SSSR count). The molecule has 0 aliphatic carbocycles. The summed E-state index contributed by atoms with van der Waals surface area (Å²) in [5.74, 6) is -0.0293. The molecular formula is C21H22FN3O. The maximum Gasteiger partial charge on any atom is 0.246 e. The number of rotatable bonds is 4. The van der Waals surface area contributed by atoms with E-state index in [-0.39, 0.29) is 11.4 Å². The second-order valence-corrected chi connectivity index (χ2v) is 6.96. The number of nitrogens with zero attached hydrogens (tertiary/aromatic N) is 1. The van der Waals surface area contributed by atoms with E-state index in [1.807, 2.05) is 57.2 Å². The highest BCUT2D eigenvalue weighted by Gasteiger charge is 2.27. The number of carbonyl (C=O) groups is 1. The average molecular weight is 351 g/mol. The molecule has 1 aromatic heterocycles. The first-order valence-electron chi connectivity index (χ1n) is 8.55. The summed E-state index contributed by atoms with van der Waals surface area (Å²) in [5, 5.41) is 6.14. The number of pyridine rings is 1. The fourth-order valence-corrected chi connectivity index (χ4v) is 3.17. The lowest BCUT2D eigenvalue weighted by atomic mass is 9.94. The van der Waals surface area contributed by atoms with E-state index in [0.717, 1.165) is 16.8 Å². The first-order chi connectivity index (χ1) is 12.4. The zero-order valence-electron chi connectivity index (χ0n) is 15.1. The highest BCUT2D eigenvalue weighted by molar-refractivity contribution is 5.91. The SMILES string of the molecule is C/C=C(/c1ccccc1)c1cc(F)cnc1NC1=CC(=O)NC(C)(C)C1. The lowest BCUT2D eigenvalue weighted by Crippen LogP contribution is -2.46. The quantitative estimate of drug-likeness (QED) is 0.865. The van der Waals surface area contributed by atoms with Crippen LogP contribution in [-0.2, 0) is 4.79 Å². The van der Waals surface area contributed by atoms with Gasteiger partial charge in [-0.05, 0) is 38.0 Å². The maximum absolute atomic E-state index is 13.9. The van der Waals surface area contributed by atoms with Crippen LogP contribution < -0.4 is 10.6 Å². The predicted octanol–water partition coefficient (Wildman–Crippen LogP) is 4.27. The van der Waals surface area contributed by atoms with Crippen LogP contribution in [0.1, 0.15) is 38.3 Å². The van der Waals surface area contributed by atoms with Crippen molar-refractivity contribution in [3.63, 3.8) is 0 Å². The molecular weight excluding hydrogens is 329 g/mol. The van der Waals surface area contributed by atoms with Crippen molar-refractivity contribution >= 4 is 17.3 Å². The van der Waals surface area contributed by atoms with E-state index in [4.69, 9.17) is 0 Å². The molecule has 4 nitrogen and oxygen atoms in total. The van der Waals surface area contributed by atoms with Crippen LogP contribution in [0.2, 0.25) is 0 Å². The molecule has 134 valence electrons. The minimum atomic E-state index is -0.406. The van der Waals surface area contributed by atoms with E-state index in [9.17, 15) is 9.18 Å². The number of amides is 1. The molecule has 0 unspecified atom stereocenters. The summed E-state index contributed by atoms with van der Waals surface area (Å²) in [7, 11) is 0. The van der Waals surface area contributed by atoms with Crippen molar-refractivity contribution in [2.75, 3.05) is 5.32 Å². The van der Waals surface area contributed by atoms with Crippen molar-refractivity contribution in [3.05, 3.63) is 77.4 Å². The molecule has 0 spiro atoms. The Morgan fingerprint density at radius 3 is 2.69 bits per heavy atom. The molecule has 2 heterocycles. The number of allylic oxidation sites excluding steroid dienone is 1. The second-order valence-electron chi connectivity index (χ2n) is 6.96. The molecule has 1 aliphatic heterocycles. The summed E-state index contributed by atoms with van der Waals surface area (Å²) < 4.78 is 13.9. The Labute approximate surface area is 152 Å². The number of hydrogen-bond donors (Lipinski definition) is 2. The zero-order chi connectivity index (χ0) is 18.7. The summed E-state index contributed by atoms with van der Waals surface area (Å²) in [6, 6.07) is 11.2. The van der Waals surface area contributed by atoms with Crippen molar-refractivity contribution < 1.29 is 9.18 Å². The van der Waals surface area contributed by atoms with Crippen LogP contribution in [0.15, 0.2) is 60.4 Å². The molecule has 1 amide bonds. The number of halogens is 1. The summed E-state index contributed by atoms with van der Waals surface area (Å²) in [4.78, 5) is 16.2. The highest BCUT2D eigenvalue weighted by Crippen LogP contribution is 2.31. The molecule has 0 radical (unpaired) electrons. The van der Waals surface area contributed by atoms with Crippen molar-refractivity contribution in [1.29, 1.82) is 0 Å². The number of aromatic nitrogens is 1. The molecule has 1 aromatic carbocycles. The normalized spacial score (nSPS) is 16.7. The van der Waals surface area contributed by atoms with Gasteiger partial charge in [0.2, 0.25) is 5.91 Å². The van der Waals surface area contributed by atoms with Gasteiger partial charge in [-0.2, -0.15) is 0 Å². The van der Waals surface area contributed by atoms with E-state index in [0.29, 0.717) is 17.8 Å². The van der Waals surface area contributed by atoms with Gasteiger partial charge in [0.05, 0.1) is 6.20 Å². The molecule has 0 saturated heterocycles. The molecule has 0 atom stereocenters. The van der Waals surface area contributed by atoms with Crippen LogP contribution in [-0.4, -0.2) is 16.4 Å². The lowest BCUT2D eigenvalue weighted by molar-refractivity contribution is -0.118. The predicted molar refractivity (Wildman–Crippen MR) is 102 cm³/mol. The molecule has 26 heavy (non-hydrogen) atoms. The standard InChI is InChI=1S/C21H22FN3O/c1-4-17(14-8-6-5-7-9-14)18-10-15(22)13-23-20(18)24-16-11-19(26)25-21(2,3)12-16/h4-11,13H,12H2,1-3H3,(H,23,24)(H,25,26)/b17-4-. The Balaban J connectivity index is 2.00. The lowest BCUT2D eigenvalue weighted by Gasteiger charge is -2.31. The molecule has 0 saturated carbocycles. The van der Waals surface area contributed by atoms with Gasteiger partial charge in [0.1, 0.15) is 11.6 Å². The Morgan fingerprint density at radius 1 is 1.31 bits per heavy atom. The Hall–Kier alpha value is -2.95. The Kier molecular flexibility index (Phi) is 4.89. The topological polar surface area (TPSA) is 54.0 Å². The zero-order valence-corrected chi connectivity index (χ0v) is 15.1. The fraction of sp³-hybridized carbons (Fsp3) is 0.238. The van der Waals surface area contributed by atoms with Gasteiger partial charge in [-0.25, -0.2) is 9.37 Å². The van der Waals surface area contributed by atoms with E-state index in [1.54, 1.807) is 0 Å². The van der Waals surface area contributed by atoms with Gasteiger partial charge < -0.3 is 10.6 Å². The third-order valence-electron chi connectivity index (χ3n) is 4.20. The van der Waals surface area contributed by atoms with Gasteiger partial charge in [-0.1, -0.05) is 36.4 Å². The third-order valence-corrected chi connectivity index (χ3v) is 4.20. The van der Waals surface area contributed by atoms with Gasteiger partial charge in [-0.15, -0.1) is 0 Å². The van der Waals surface area contributed by atoms with Crippen LogP contribution in [0.4, 0.5) is 10.2 Å². The summed E-state index contributed by atoms with van der Waals surface area (Å²) in [6.45, 7) is 5.83. The number of benzene rings is 1. The van der Waals surface area contributed by atoms with Crippen molar-refractivity contribution in [3.8, 4) is 0 Å². The fourth-order valence-electron chi connectivity index (χ4n) is 3.17. The van der Waals surface area contributed by atoms with Crippen LogP contribution >= 0.6 is 0 Å². The largest absolute Gasteiger partial charge is 0.347 e. The van der Waals surface area contributed by atoms with Gasteiger partial charge in [0.25, 0.3) is 0 Å². The Morgan fingerprint density at radius 2 is 2.04 bits per heavy atom. The number of nitrogens with one attached hydrogen (secondary N) is 2.